The lowest BCUT2D eigenvalue weighted by Gasteiger charge is -2.14. The Morgan fingerprint density at radius 3 is 2.84 bits per heavy atom. The highest BCUT2D eigenvalue weighted by Gasteiger charge is 2.25. The molecule has 1 aromatic carbocycles. The molecular formula is C15H20ClNOS. The molecule has 2 aliphatic rings. The molecule has 2 nitrogen and oxygen atoms in total. The maximum atomic E-state index is 6.37. The van der Waals surface area contributed by atoms with Crippen LogP contribution in [-0.4, -0.2) is 24.0 Å². The van der Waals surface area contributed by atoms with Crippen LogP contribution in [0.5, 0.6) is 0 Å². The highest BCUT2D eigenvalue weighted by atomic mass is 35.5. The van der Waals surface area contributed by atoms with Crippen molar-refractivity contribution in [2.75, 3.05) is 6.61 Å². The predicted molar refractivity (Wildman–Crippen MR) is 81.0 cm³/mol. The molecule has 0 radical (unpaired) electrons. The highest BCUT2D eigenvalue weighted by molar-refractivity contribution is 8.00. The number of nitrogens with one attached hydrogen (secondary N) is 1. The van der Waals surface area contributed by atoms with Crippen LogP contribution in [0.1, 0.15) is 31.7 Å². The maximum Gasteiger partial charge on any atom is 0.0669 e. The SMILES string of the molecule is CC1OCCC1Sc1ccc(CNC2CC2)c(Cl)c1. The molecule has 2 fully saturated rings. The summed E-state index contributed by atoms with van der Waals surface area (Å²) in [5, 5.41) is 4.94. The van der Waals surface area contributed by atoms with Crippen molar-refractivity contribution in [2.45, 2.75) is 55.0 Å². The topological polar surface area (TPSA) is 21.3 Å². The second kappa shape index (κ2) is 6.04. The molecule has 3 rings (SSSR count). The van der Waals surface area contributed by atoms with Crippen molar-refractivity contribution in [1.82, 2.24) is 5.32 Å². The van der Waals surface area contributed by atoms with E-state index in [0.29, 0.717) is 11.4 Å². The lowest BCUT2D eigenvalue weighted by molar-refractivity contribution is 0.127. The molecule has 1 saturated carbocycles. The Labute approximate surface area is 124 Å². The van der Waals surface area contributed by atoms with Crippen LogP contribution in [-0.2, 0) is 11.3 Å². The molecule has 0 spiro atoms. The summed E-state index contributed by atoms with van der Waals surface area (Å²) < 4.78 is 5.60. The van der Waals surface area contributed by atoms with Gasteiger partial charge in [-0.15, -0.1) is 11.8 Å². The van der Waals surface area contributed by atoms with Gasteiger partial charge in [-0.3, -0.25) is 0 Å². The van der Waals surface area contributed by atoms with Gasteiger partial charge in [0, 0.05) is 34.4 Å². The van der Waals surface area contributed by atoms with Crippen molar-refractivity contribution < 1.29 is 4.74 Å². The Balaban J connectivity index is 1.61. The minimum absolute atomic E-state index is 0.347. The van der Waals surface area contributed by atoms with E-state index in [4.69, 9.17) is 16.3 Å². The van der Waals surface area contributed by atoms with Gasteiger partial charge in [-0.25, -0.2) is 0 Å². The Kier molecular flexibility index (Phi) is 4.37. The van der Waals surface area contributed by atoms with Crippen molar-refractivity contribution >= 4 is 23.4 Å². The lowest BCUT2D eigenvalue weighted by Crippen LogP contribution is -2.15. The number of hydrogen-bond donors (Lipinski definition) is 1. The molecule has 0 bridgehead atoms. The number of hydrogen-bond acceptors (Lipinski definition) is 3. The fourth-order valence-corrected chi connectivity index (χ4v) is 3.81. The van der Waals surface area contributed by atoms with Gasteiger partial charge in [-0.2, -0.15) is 0 Å². The number of halogens is 1. The molecule has 2 atom stereocenters. The largest absolute Gasteiger partial charge is 0.377 e. The molecule has 0 aromatic heterocycles. The summed E-state index contributed by atoms with van der Waals surface area (Å²) >= 11 is 8.26. The standard InChI is InChI=1S/C15H20ClNOS/c1-10-15(6-7-18-10)19-13-5-2-11(14(16)8-13)9-17-12-3-4-12/h2,5,8,10,12,15,17H,3-4,6-7,9H2,1H3. The molecule has 1 saturated heterocycles. The molecule has 1 aromatic rings. The average molecular weight is 298 g/mol. The van der Waals surface area contributed by atoms with Crippen molar-refractivity contribution in [3.63, 3.8) is 0 Å². The normalized spacial score (nSPS) is 26.8. The molecule has 0 amide bonds. The van der Waals surface area contributed by atoms with Crippen LogP contribution >= 0.6 is 23.4 Å². The first-order chi connectivity index (χ1) is 9.22. The van der Waals surface area contributed by atoms with Crippen LogP contribution in [0, 0.1) is 0 Å². The van der Waals surface area contributed by atoms with Gasteiger partial charge in [0.15, 0.2) is 0 Å². The molecule has 1 aliphatic heterocycles. The quantitative estimate of drug-likeness (QED) is 0.892. The van der Waals surface area contributed by atoms with Gasteiger partial charge >= 0.3 is 0 Å². The first-order valence-electron chi connectivity index (χ1n) is 7.02. The molecule has 2 unspecified atom stereocenters. The Bertz CT molecular complexity index is 450. The number of thioether (sulfide) groups is 1. The van der Waals surface area contributed by atoms with Crippen molar-refractivity contribution in [2.24, 2.45) is 0 Å². The molecular weight excluding hydrogens is 278 g/mol. The molecule has 1 heterocycles. The fourth-order valence-electron chi connectivity index (χ4n) is 2.33. The van der Waals surface area contributed by atoms with E-state index in [-0.39, 0.29) is 0 Å². The third kappa shape index (κ3) is 3.66. The molecule has 19 heavy (non-hydrogen) atoms. The number of rotatable bonds is 5. The van der Waals surface area contributed by atoms with Crippen molar-refractivity contribution in [1.29, 1.82) is 0 Å². The van der Waals surface area contributed by atoms with Gasteiger partial charge in [0.25, 0.3) is 0 Å². The highest BCUT2D eigenvalue weighted by Crippen LogP contribution is 2.34. The number of ether oxygens (including phenoxy) is 1. The van der Waals surface area contributed by atoms with Gasteiger partial charge < -0.3 is 10.1 Å². The van der Waals surface area contributed by atoms with E-state index in [1.807, 2.05) is 11.8 Å². The molecule has 1 N–H and O–H groups in total. The minimum atomic E-state index is 0.347. The van der Waals surface area contributed by atoms with Crippen molar-refractivity contribution in [3.8, 4) is 0 Å². The third-order valence-electron chi connectivity index (χ3n) is 3.78. The van der Waals surface area contributed by atoms with Crippen LogP contribution < -0.4 is 5.32 Å². The molecule has 104 valence electrons. The third-order valence-corrected chi connectivity index (χ3v) is 5.58. The van der Waals surface area contributed by atoms with Crippen LogP contribution in [0.2, 0.25) is 5.02 Å². The van der Waals surface area contributed by atoms with E-state index in [1.165, 1.54) is 23.3 Å². The summed E-state index contributed by atoms with van der Waals surface area (Å²) in [5.74, 6) is 0. The molecule has 4 heteroatoms. The first-order valence-corrected chi connectivity index (χ1v) is 8.28. The monoisotopic (exact) mass is 297 g/mol. The summed E-state index contributed by atoms with van der Waals surface area (Å²) in [6, 6.07) is 7.16. The van der Waals surface area contributed by atoms with E-state index in [2.05, 4.69) is 30.4 Å². The Morgan fingerprint density at radius 1 is 1.37 bits per heavy atom. The zero-order chi connectivity index (χ0) is 13.2. The van der Waals surface area contributed by atoms with E-state index in [0.717, 1.165) is 30.6 Å². The smallest absolute Gasteiger partial charge is 0.0669 e. The number of benzene rings is 1. The van der Waals surface area contributed by atoms with Crippen LogP contribution in [0.25, 0.3) is 0 Å². The van der Waals surface area contributed by atoms with E-state index in [1.54, 1.807) is 0 Å². The Morgan fingerprint density at radius 2 is 2.21 bits per heavy atom. The van der Waals surface area contributed by atoms with E-state index in [9.17, 15) is 0 Å². The summed E-state index contributed by atoms with van der Waals surface area (Å²) in [6.07, 6.45) is 4.10. The summed E-state index contributed by atoms with van der Waals surface area (Å²) in [6.45, 7) is 3.92. The minimum Gasteiger partial charge on any atom is -0.377 e. The Hall–Kier alpha value is -0.220. The van der Waals surface area contributed by atoms with Crippen LogP contribution in [0.15, 0.2) is 23.1 Å². The van der Waals surface area contributed by atoms with Gasteiger partial charge in [0.2, 0.25) is 0 Å². The van der Waals surface area contributed by atoms with Crippen LogP contribution in [0.3, 0.4) is 0 Å². The van der Waals surface area contributed by atoms with Crippen molar-refractivity contribution in [3.05, 3.63) is 28.8 Å². The average Bonchev–Trinajstić information content (AvgIpc) is 3.13. The second-order valence-electron chi connectivity index (χ2n) is 5.43. The zero-order valence-electron chi connectivity index (χ0n) is 11.2. The zero-order valence-corrected chi connectivity index (χ0v) is 12.8. The predicted octanol–water partition coefficient (Wildman–Crippen LogP) is 3.86. The summed E-state index contributed by atoms with van der Waals surface area (Å²) in [5.41, 5.74) is 1.20. The van der Waals surface area contributed by atoms with Gasteiger partial charge in [-0.05, 0) is 43.9 Å². The van der Waals surface area contributed by atoms with Gasteiger partial charge in [0.05, 0.1) is 6.10 Å². The summed E-state index contributed by atoms with van der Waals surface area (Å²) in [7, 11) is 0. The molecule has 1 aliphatic carbocycles. The maximum absolute atomic E-state index is 6.37. The van der Waals surface area contributed by atoms with Gasteiger partial charge in [-0.1, -0.05) is 17.7 Å². The first kappa shape index (κ1) is 13.7. The second-order valence-corrected chi connectivity index (χ2v) is 7.15. The van der Waals surface area contributed by atoms with E-state index >= 15 is 0 Å². The van der Waals surface area contributed by atoms with E-state index < -0.39 is 0 Å². The lowest BCUT2D eigenvalue weighted by atomic mass is 10.2. The van der Waals surface area contributed by atoms with Crippen LogP contribution in [0.4, 0.5) is 0 Å². The fraction of sp³-hybridized carbons (Fsp3) is 0.600. The summed E-state index contributed by atoms with van der Waals surface area (Å²) in [4.78, 5) is 1.25. The van der Waals surface area contributed by atoms with Gasteiger partial charge in [0.1, 0.15) is 0 Å².